The Morgan fingerprint density at radius 2 is 2.00 bits per heavy atom. The van der Waals surface area contributed by atoms with Crippen molar-refractivity contribution in [2.75, 3.05) is 6.54 Å². The number of rotatable bonds is 5. The highest BCUT2D eigenvalue weighted by Gasteiger charge is 2.16. The van der Waals surface area contributed by atoms with Crippen LogP contribution in [0.3, 0.4) is 0 Å². The smallest absolute Gasteiger partial charge is 0.123 e. The average Bonchev–Trinajstić information content (AvgIpc) is 2.20. The molecule has 0 amide bonds. The molecule has 1 aromatic rings. The van der Waals surface area contributed by atoms with Gasteiger partial charge in [-0.1, -0.05) is 26.8 Å². The first-order valence-electron chi connectivity index (χ1n) is 6.42. The summed E-state index contributed by atoms with van der Waals surface area (Å²) in [4.78, 5) is 0. The van der Waals surface area contributed by atoms with E-state index in [1.54, 1.807) is 12.1 Å². The number of halogens is 1. The molecule has 0 aliphatic rings. The largest absolute Gasteiger partial charge is 0.392 e. The minimum absolute atomic E-state index is 0.121. The van der Waals surface area contributed by atoms with Crippen LogP contribution in [0.2, 0.25) is 0 Å². The molecule has 0 heterocycles. The minimum Gasteiger partial charge on any atom is -0.392 e. The zero-order valence-electron chi connectivity index (χ0n) is 11.8. The van der Waals surface area contributed by atoms with Crippen LogP contribution in [-0.4, -0.2) is 17.8 Å². The summed E-state index contributed by atoms with van der Waals surface area (Å²) in [7, 11) is 0. The summed E-state index contributed by atoms with van der Waals surface area (Å²) in [5.74, 6) is -0.215. The SMILES string of the molecule is Cc1ccc(F)cc1CNCC(O)CC(C)(C)C. The Morgan fingerprint density at radius 1 is 1.33 bits per heavy atom. The summed E-state index contributed by atoms with van der Waals surface area (Å²) >= 11 is 0. The highest BCUT2D eigenvalue weighted by molar-refractivity contribution is 5.26. The van der Waals surface area contributed by atoms with E-state index in [4.69, 9.17) is 0 Å². The number of aliphatic hydroxyl groups is 1. The third-order valence-electron chi connectivity index (χ3n) is 2.85. The van der Waals surface area contributed by atoms with E-state index in [2.05, 4.69) is 26.1 Å². The van der Waals surface area contributed by atoms with E-state index < -0.39 is 0 Å². The van der Waals surface area contributed by atoms with E-state index in [1.807, 2.05) is 6.92 Å². The van der Waals surface area contributed by atoms with Gasteiger partial charge in [-0.05, 0) is 42.0 Å². The van der Waals surface area contributed by atoms with Gasteiger partial charge in [0, 0.05) is 13.1 Å². The summed E-state index contributed by atoms with van der Waals surface area (Å²) in [6.45, 7) is 9.40. The molecule has 0 saturated carbocycles. The fraction of sp³-hybridized carbons (Fsp3) is 0.600. The molecular weight excluding hydrogens is 229 g/mol. The van der Waals surface area contributed by atoms with Gasteiger partial charge >= 0.3 is 0 Å². The Kier molecular flexibility index (Phi) is 5.29. The van der Waals surface area contributed by atoms with Gasteiger partial charge in [-0.3, -0.25) is 0 Å². The van der Waals surface area contributed by atoms with Crippen molar-refractivity contribution in [1.82, 2.24) is 5.32 Å². The fourth-order valence-corrected chi connectivity index (χ4v) is 1.98. The van der Waals surface area contributed by atoms with Crippen molar-refractivity contribution in [1.29, 1.82) is 0 Å². The van der Waals surface area contributed by atoms with Crippen molar-refractivity contribution >= 4 is 0 Å². The van der Waals surface area contributed by atoms with Crippen LogP contribution in [-0.2, 0) is 6.54 Å². The summed E-state index contributed by atoms with van der Waals surface area (Å²) < 4.78 is 13.1. The Labute approximate surface area is 109 Å². The molecule has 0 aliphatic carbocycles. The lowest BCUT2D eigenvalue weighted by molar-refractivity contribution is 0.119. The molecule has 1 rings (SSSR count). The normalized spacial score (nSPS) is 13.7. The minimum atomic E-state index is -0.362. The lowest BCUT2D eigenvalue weighted by Crippen LogP contribution is -2.30. The van der Waals surface area contributed by atoms with Crippen LogP contribution in [0.1, 0.15) is 38.3 Å². The van der Waals surface area contributed by atoms with Gasteiger partial charge in [0.05, 0.1) is 6.10 Å². The summed E-state index contributed by atoms with van der Waals surface area (Å²) in [6, 6.07) is 4.78. The van der Waals surface area contributed by atoms with Crippen molar-refractivity contribution in [3.63, 3.8) is 0 Å². The van der Waals surface area contributed by atoms with E-state index >= 15 is 0 Å². The third kappa shape index (κ3) is 5.61. The molecule has 1 unspecified atom stereocenters. The number of aliphatic hydroxyl groups excluding tert-OH is 1. The standard InChI is InChI=1S/C15H24FNO/c1-11-5-6-13(16)7-12(11)9-17-10-14(18)8-15(2,3)4/h5-7,14,17-18H,8-10H2,1-4H3. The maximum atomic E-state index is 13.1. The van der Waals surface area contributed by atoms with Gasteiger partial charge in [0.2, 0.25) is 0 Å². The molecule has 3 heteroatoms. The first-order chi connectivity index (χ1) is 8.28. The van der Waals surface area contributed by atoms with Crippen LogP contribution >= 0.6 is 0 Å². The summed E-state index contributed by atoms with van der Waals surface area (Å²) in [5.41, 5.74) is 2.13. The van der Waals surface area contributed by atoms with E-state index in [1.165, 1.54) is 6.07 Å². The molecule has 102 valence electrons. The highest BCUT2D eigenvalue weighted by atomic mass is 19.1. The second-order valence-corrected chi connectivity index (χ2v) is 6.12. The molecule has 1 aromatic carbocycles. The van der Waals surface area contributed by atoms with Crippen molar-refractivity contribution < 1.29 is 9.50 Å². The molecule has 0 bridgehead atoms. The molecule has 0 fully saturated rings. The van der Waals surface area contributed by atoms with Gasteiger partial charge in [-0.25, -0.2) is 4.39 Å². The zero-order valence-corrected chi connectivity index (χ0v) is 11.8. The van der Waals surface area contributed by atoms with Gasteiger partial charge in [0.1, 0.15) is 5.82 Å². The van der Waals surface area contributed by atoms with Gasteiger partial charge in [-0.2, -0.15) is 0 Å². The Morgan fingerprint density at radius 3 is 2.61 bits per heavy atom. The molecule has 0 aromatic heterocycles. The van der Waals surface area contributed by atoms with Gasteiger partial charge < -0.3 is 10.4 Å². The van der Waals surface area contributed by atoms with Crippen LogP contribution in [0, 0.1) is 18.2 Å². The highest BCUT2D eigenvalue weighted by Crippen LogP contribution is 2.20. The van der Waals surface area contributed by atoms with Gasteiger partial charge in [0.15, 0.2) is 0 Å². The number of nitrogens with one attached hydrogen (secondary N) is 1. The van der Waals surface area contributed by atoms with Gasteiger partial charge in [0.25, 0.3) is 0 Å². The molecule has 1 atom stereocenters. The maximum Gasteiger partial charge on any atom is 0.123 e. The quantitative estimate of drug-likeness (QED) is 0.845. The van der Waals surface area contributed by atoms with E-state index in [0.29, 0.717) is 13.1 Å². The summed E-state index contributed by atoms with van der Waals surface area (Å²) in [5, 5.41) is 13.0. The van der Waals surface area contributed by atoms with Crippen molar-refractivity contribution in [3.05, 3.63) is 35.1 Å². The first kappa shape index (κ1) is 15.1. The number of benzene rings is 1. The predicted octanol–water partition coefficient (Wildman–Crippen LogP) is 3.02. The van der Waals surface area contributed by atoms with Crippen LogP contribution in [0.5, 0.6) is 0 Å². The zero-order chi connectivity index (χ0) is 13.8. The lowest BCUT2D eigenvalue weighted by atomic mass is 9.89. The van der Waals surface area contributed by atoms with E-state index in [-0.39, 0.29) is 17.3 Å². The molecule has 18 heavy (non-hydrogen) atoms. The van der Waals surface area contributed by atoms with Crippen molar-refractivity contribution in [3.8, 4) is 0 Å². The summed E-state index contributed by atoms with van der Waals surface area (Å²) in [6.07, 6.45) is 0.390. The third-order valence-corrected chi connectivity index (χ3v) is 2.85. The molecule has 0 aliphatic heterocycles. The molecule has 0 spiro atoms. The second kappa shape index (κ2) is 6.30. The van der Waals surface area contributed by atoms with E-state index in [0.717, 1.165) is 17.5 Å². The molecule has 0 saturated heterocycles. The van der Waals surface area contributed by atoms with E-state index in [9.17, 15) is 9.50 Å². The number of hydrogen-bond donors (Lipinski definition) is 2. The van der Waals surface area contributed by atoms with Crippen LogP contribution in [0.4, 0.5) is 4.39 Å². The van der Waals surface area contributed by atoms with Crippen molar-refractivity contribution in [2.45, 2.75) is 46.8 Å². The number of aryl methyl sites for hydroxylation is 1. The Hall–Kier alpha value is -0.930. The topological polar surface area (TPSA) is 32.3 Å². The van der Waals surface area contributed by atoms with Crippen LogP contribution in [0.25, 0.3) is 0 Å². The lowest BCUT2D eigenvalue weighted by Gasteiger charge is -2.22. The first-order valence-corrected chi connectivity index (χ1v) is 6.42. The Bertz CT molecular complexity index is 385. The van der Waals surface area contributed by atoms with Crippen molar-refractivity contribution in [2.24, 2.45) is 5.41 Å². The fourth-order valence-electron chi connectivity index (χ4n) is 1.98. The molecule has 2 nitrogen and oxygen atoms in total. The van der Waals surface area contributed by atoms with Gasteiger partial charge in [-0.15, -0.1) is 0 Å². The monoisotopic (exact) mass is 253 g/mol. The molecule has 0 radical (unpaired) electrons. The Balaban J connectivity index is 2.40. The molecule has 2 N–H and O–H groups in total. The van der Waals surface area contributed by atoms with Crippen LogP contribution < -0.4 is 5.32 Å². The second-order valence-electron chi connectivity index (χ2n) is 6.12. The average molecular weight is 253 g/mol. The maximum absolute atomic E-state index is 13.1. The van der Waals surface area contributed by atoms with Crippen LogP contribution in [0.15, 0.2) is 18.2 Å². The number of hydrogen-bond acceptors (Lipinski definition) is 2. The molecular formula is C15H24FNO. The predicted molar refractivity (Wildman–Crippen MR) is 72.9 cm³/mol.